The van der Waals surface area contributed by atoms with Crippen molar-refractivity contribution in [3.63, 3.8) is 0 Å². The van der Waals surface area contributed by atoms with E-state index in [0.717, 1.165) is 0 Å². The molecule has 0 aliphatic heterocycles. The first-order valence-electron chi connectivity index (χ1n) is 5.87. The van der Waals surface area contributed by atoms with E-state index in [1.807, 2.05) is 0 Å². The largest absolute Gasteiger partial charge is 0.472 e. The van der Waals surface area contributed by atoms with Crippen LogP contribution >= 0.6 is 0 Å². The van der Waals surface area contributed by atoms with Crippen molar-refractivity contribution in [2.75, 3.05) is 13.2 Å². The Bertz CT molecular complexity index is 522. The lowest BCUT2D eigenvalue weighted by Gasteiger charge is -2.12. The Hall–Kier alpha value is -2.38. The van der Waals surface area contributed by atoms with Crippen molar-refractivity contribution in [2.24, 2.45) is 0 Å². The van der Waals surface area contributed by atoms with Crippen molar-refractivity contribution in [1.29, 1.82) is 0 Å². The van der Waals surface area contributed by atoms with Crippen LogP contribution in [0.5, 0.6) is 5.88 Å². The third kappa shape index (κ3) is 3.30. The molecule has 1 amide bonds. The van der Waals surface area contributed by atoms with Crippen LogP contribution in [0, 0.1) is 6.92 Å². The number of nitrogens with one attached hydrogen (secondary N) is 1. The number of rotatable bonds is 6. The first-order chi connectivity index (χ1) is 9.18. The molecule has 0 spiro atoms. The van der Waals surface area contributed by atoms with E-state index in [0.29, 0.717) is 24.7 Å². The maximum absolute atomic E-state index is 11.8. The van der Waals surface area contributed by atoms with Crippen molar-refractivity contribution in [3.8, 4) is 5.88 Å². The van der Waals surface area contributed by atoms with Gasteiger partial charge in [0, 0.05) is 12.4 Å². The van der Waals surface area contributed by atoms with Gasteiger partial charge in [-0.1, -0.05) is 5.16 Å². The molecule has 0 saturated heterocycles. The van der Waals surface area contributed by atoms with E-state index in [1.165, 1.54) is 0 Å². The molecule has 0 radical (unpaired) electrons. The number of ether oxygens (including phenoxy) is 1. The molecule has 1 N–H and O–H groups in total. The van der Waals surface area contributed by atoms with Gasteiger partial charge in [-0.15, -0.1) is 0 Å². The van der Waals surface area contributed by atoms with E-state index < -0.39 is 0 Å². The van der Waals surface area contributed by atoms with Crippen molar-refractivity contribution in [3.05, 3.63) is 24.2 Å². The monoisotopic (exact) mass is 265 g/mol. The summed E-state index contributed by atoms with van der Waals surface area (Å²) in [5.74, 6) is 0.219. The molecule has 0 aliphatic carbocycles. The zero-order chi connectivity index (χ0) is 13.7. The number of nitrogens with zero attached hydrogens (tertiary/aromatic N) is 4. The maximum atomic E-state index is 11.8. The van der Waals surface area contributed by atoms with Crippen LogP contribution < -0.4 is 10.1 Å². The van der Waals surface area contributed by atoms with Crippen molar-refractivity contribution in [1.82, 2.24) is 25.4 Å². The Morgan fingerprint density at radius 1 is 1.58 bits per heavy atom. The van der Waals surface area contributed by atoms with Gasteiger partial charge in [0.1, 0.15) is 18.3 Å². The minimum absolute atomic E-state index is 0.123. The molecule has 0 aromatic carbocycles. The molecule has 2 aromatic heterocycles. The summed E-state index contributed by atoms with van der Waals surface area (Å²) < 4.78 is 11.4. The number of carbonyl (C=O) groups excluding carboxylic acids is 1. The van der Waals surface area contributed by atoms with Gasteiger partial charge in [-0.2, -0.15) is 5.10 Å². The molecular formula is C11H15N5O3. The number of aromatic nitrogens is 4. The maximum Gasteiger partial charge on any atom is 0.278 e. The molecule has 2 heterocycles. The molecular weight excluding hydrogens is 250 g/mol. The number of hydrogen-bond donors (Lipinski definition) is 1. The summed E-state index contributed by atoms with van der Waals surface area (Å²) in [4.78, 5) is 11.8. The summed E-state index contributed by atoms with van der Waals surface area (Å²) in [6, 6.07) is 1.42. The lowest BCUT2D eigenvalue weighted by molar-refractivity contribution is -0.124. The van der Waals surface area contributed by atoms with Gasteiger partial charge >= 0.3 is 0 Å². The second kappa shape index (κ2) is 5.98. The van der Waals surface area contributed by atoms with Gasteiger partial charge in [0.05, 0.1) is 6.54 Å². The Balaban J connectivity index is 1.71. The zero-order valence-corrected chi connectivity index (χ0v) is 10.7. The summed E-state index contributed by atoms with van der Waals surface area (Å²) in [5, 5.41) is 13.9. The second-order valence-corrected chi connectivity index (χ2v) is 3.96. The highest BCUT2D eigenvalue weighted by Crippen LogP contribution is 2.09. The standard InChI is InChI=1S/C11H15N5O3/c1-8-11(15-19-14-8)18-7-5-12-10(17)9(2)16-6-3-4-13-16/h3-4,6,9H,5,7H2,1-2H3,(H,12,17)/t9-/m1/s1. The highest BCUT2D eigenvalue weighted by molar-refractivity contribution is 5.79. The second-order valence-electron chi connectivity index (χ2n) is 3.96. The fourth-order valence-electron chi connectivity index (χ4n) is 1.45. The average Bonchev–Trinajstić information content (AvgIpc) is 3.05. The summed E-state index contributed by atoms with van der Waals surface area (Å²) in [6.07, 6.45) is 3.37. The van der Waals surface area contributed by atoms with E-state index in [4.69, 9.17) is 4.74 Å². The Morgan fingerprint density at radius 3 is 3.05 bits per heavy atom. The molecule has 1 atom stereocenters. The third-order valence-corrected chi connectivity index (χ3v) is 2.55. The van der Waals surface area contributed by atoms with Gasteiger partial charge in [-0.05, 0) is 25.1 Å². The predicted octanol–water partition coefficient (Wildman–Crippen LogP) is 0.331. The molecule has 2 rings (SSSR count). The quantitative estimate of drug-likeness (QED) is 0.756. The predicted molar refractivity (Wildman–Crippen MR) is 64.5 cm³/mol. The summed E-state index contributed by atoms with van der Waals surface area (Å²) >= 11 is 0. The molecule has 0 unspecified atom stereocenters. The topological polar surface area (TPSA) is 95.1 Å². The highest BCUT2D eigenvalue weighted by Gasteiger charge is 2.14. The Morgan fingerprint density at radius 2 is 2.42 bits per heavy atom. The zero-order valence-electron chi connectivity index (χ0n) is 10.7. The molecule has 2 aromatic rings. The van der Waals surface area contributed by atoms with Crippen LogP contribution in [0.15, 0.2) is 23.1 Å². The van der Waals surface area contributed by atoms with E-state index in [-0.39, 0.29) is 11.9 Å². The summed E-state index contributed by atoms with van der Waals surface area (Å²) in [6.45, 7) is 4.17. The van der Waals surface area contributed by atoms with Gasteiger partial charge in [0.2, 0.25) is 5.91 Å². The fraction of sp³-hybridized carbons (Fsp3) is 0.455. The van der Waals surface area contributed by atoms with Crippen molar-refractivity contribution < 1.29 is 14.2 Å². The van der Waals surface area contributed by atoms with Crippen LogP contribution in [0.25, 0.3) is 0 Å². The Labute approximate surface area is 109 Å². The van der Waals surface area contributed by atoms with Gasteiger partial charge in [0.15, 0.2) is 0 Å². The first kappa shape index (κ1) is 13.1. The first-order valence-corrected chi connectivity index (χ1v) is 5.87. The van der Waals surface area contributed by atoms with Gasteiger partial charge in [0.25, 0.3) is 5.88 Å². The molecule has 0 aliphatic rings. The van der Waals surface area contributed by atoms with Crippen LogP contribution in [-0.2, 0) is 4.79 Å². The van der Waals surface area contributed by atoms with Crippen molar-refractivity contribution in [2.45, 2.75) is 19.9 Å². The lowest BCUT2D eigenvalue weighted by Crippen LogP contribution is -2.34. The van der Waals surface area contributed by atoms with E-state index in [9.17, 15) is 4.79 Å². The number of carbonyl (C=O) groups is 1. The number of aryl methyl sites for hydroxylation is 1. The average molecular weight is 265 g/mol. The van der Waals surface area contributed by atoms with Crippen LogP contribution in [0.1, 0.15) is 18.7 Å². The summed E-state index contributed by atoms with van der Waals surface area (Å²) in [7, 11) is 0. The number of hydrogen-bond acceptors (Lipinski definition) is 6. The molecule has 0 saturated carbocycles. The van der Waals surface area contributed by atoms with Gasteiger partial charge in [-0.3, -0.25) is 9.48 Å². The van der Waals surface area contributed by atoms with E-state index in [1.54, 1.807) is 37.0 Å². The lowest BCUT2D eigenvalue weighted by atomic mass is 10.3. The van der Waals surface area contributed by atoms with Crippen LogP contribution in [-0.4, -0.2) is 39.2 Å². The van der Waals surface area contributed by atoms with Crippen molar-refractivity contribution >= 4 is 5.91 Å². The van der Waals surface area contributed by atoms with Gasteiger partial charge < -0.3 is 10.1 Å². The smallest absolute Gasteiger partial charge is 0.278 e. The molecule has 19 heavy (non-hydrogen) atoms. The molecule has 0 bridgehead atoms. The minimum Gasteiger partial charge on any atom is -0.472 e. The van der Waals surface area contributed by atoms with Crippen LogP contribution in [0.4, 0.5) is 0 Å². The molecule has 0 fully saturated rings. The SMILES string of the molecule is Cc1nonc1OCCNC(=O)[C@@H](C)n1cccn1. The molecule has 8 nitrogen and oxygen atoms in total. The normalized spacial score (nSPS) is 12.1. The van der Waals surface area contributed by atoms with Crippen LogP contribution in [0.3, 0.4) is 0 Å². The van der Waals surface area contributed by atoms with E-state index >= 15 is 0 Å². The highest BCUT2D eigenvalue weighted by atomic mass is 16.6. The Kier molecular flexibility index (Phi) is 4.11. The fourth-order valence-corrected chi connectivity index (χ4v) is 1.45. The van der Waals surface area contributed by atoms with Gasteiger partial charge in [-0.25, -0.2) is 4.63 Å². The molecule has 102 valence electrons. The minimum atomic E-state index is -0.356. The summed E-state index contributed by atoms with van der Waals surface area (Å²) in [5.41, 5.74) is 0.580. The third-order valence-electron chi connectivity index (χ3n) is 2.55. The van der Waals surface area contributed by atoms with E-state index in [2.05, 4.69) is 25.4 Å². The number of amides is 1. The molecule has 8 heteroatoms. The van der Waals surface area contributed by atoms with Crippen LogP contribution in [0.2, 0.25) is 0 Å².